The molecule has 1 fully saturated rings. The third-order valence-electron chi connectivity index (χ3n) is 3.42. The summed E-state index contributed by atoms with van der Waals surface area (Å²) in [6.07, 6.45) is 1.55. The molecular weight excluding hydrogens is 239 g/mol. The smallest absolute Gasteiger partial charge is 0.177 e. The Morgan fingerprint density at radius 1 is 1.31 bits per heavy atom. The summed E-state index contributed by atoms with van der Waals surface area (Å²) < 4.78 is 5.92. The minimum absolute atomic E-state index is 0.165. The van der Waals surface area contributed by atoms with Crippen LogP contribution >= 0.6 is 23.2 Å². The van der Waals surface area contributed by atoms with E-state index in [0.29, 0.717) is 6.10 Å². The predicted octanol–water partition coefficient (Wildman–Crippen LogP) is 3.50. The minimum atomic E-state index is -1.60. The normalized spacial score (nSPS) is 39.5. The van der Waals surface area contributed by atoms with Gasteiger partial charge in [-0.25, -0.2) is 0 Å². The molecule has 0 aromatic rings. The Kier molecular flexibility index (Phi) is 3.57. The zero-order chi connectivity index (χ0) is 10.3. The van der Waals surface area contributed by atoms with Crippen molar-refractivity contribution in [3.05, 3.63) is 0 Å². The average molecular weight is 257 g/mol. The van der Waals surface area contributed by atoms with Crippen molar-refractivity contribution in [3.63, 3.8) is 0 Å². The van der Waals surface area contributed by atoms with Crippen molar-refractivity contribution in [2.75, 3.05) is 0 Å². The Bertz CT molecular complexity index is 199. The Labute approximate surface area is 92.7 Å². The molecule has 2 unspecified atom stereocenters. The van der Waals surface area contributed by atoms with E-state index < -0.39 is 15.4 Å². The Morgan fingerprint density at radius 2 is 1.85 bits per heavy atom. The summed E-state index contributed by atoms with van der Waals surface area (Å²) >= 11 is 12.2. The first kappa shape index (κ1) is 12.0. The Hall–Kier alpha value is 0.974. The van der Waals surface area contributed by atoms with Gasteiger partial charge in [-0.05, 0) is 26.4 Å². The van der Waals surface area contributed by atoms with Crippen LogP contribution in [-0.4, -0.2) is 26.0 Å². The van der Waals surface area contributed by atoms with E-state index in [-0.39, 0.29) is 4.46 Å². The molecule has 1 aliphatic heterocycles. The number of hydrogen-bond donors (Lipinski definition) is 0. The lowest BCUT2D eigenvalue weighted by Gasteiger charge is -2.47. The number of halogens is 2. The zero-order valence-electron chi connectivity index (χ0n) is 8.73. The van der Waals surface area contributed by atoms with Crippen molar-refractivity contribution in [2.24, 2.45) is 0 Å². The first-order valence-electron chi connectivity index (χ1n) is 4.75. The van der Waals surface area contributed by atoms with Crippen LogP contribution in [-0.2, 0) is 4.43 Å². The highest BCUT2D eigenvalue weighted by molar-refractivity contribution is 7.42. The van der Waals surface area contributed by atoms with Crippen molar-refractivity contribution >= 4 is 38.6 Å². The lowest BCUT2D eigenvalue weighted by Crippen LogP contribution is -2.66. The summed E-state index contributed by atoms with van der Waals surface area (Å²) in [6.45, 7) is 9.00. The molecule has 1 rings (SSSR count). The lowest BCUT2D eigenvalue weighted by atomic mass is 10.3. The highest BCUT2D eigenvalue weighted by Gasteiger charge is 2.54. The molecular formula is C8H18Cl2OSi2. The topological polar surface area (TPSA) is 9.23 Å². The van der Waals surface area contributed by atoms with Gasteiger partial charge >= 0.3 is 0 Å². The summed E-state index contributed by atoms with van der Waals surface area (Å²) in [5.74, 6) is 0. The summed E-state index contributed by atoms with van der Waals surface area (Å²) in [4.78, 5) is 0. The molecule has 13 heavy (non-hydrogen) atoms. The van der Waals surface area contributed by atoms with Crippen LogP contribution in [0, 0.1) is 0 Å². The van der Waals surface area contributed by atoms with Gasteiger partial charge in [0, 0.05) is 6.10 Å². The molecule has 5 heteroatoms. The van der Waals surface area contributed by atoms with Gasteiger partial charge in [-0.1, -0.05) is 12.6 Å². The van der Waals surface area contributed by atoms with Gasteiger partial charge in [0.2, 0.25) is 0 Å². The van der Waals surface area contributed by atoms with E-state index in [1.165, 1.54) is 6.04 Å². The van der Waals surface area contributed by atoms with Gasteiger partial charge in [0.15, 0.2) is 7.83 Å². The first-order chi connectivity index (χ1) is 5.79. The van der Waals surface area contributed by atoms with Crippen LogP contribution < -0.4 is 0 Å². The van der Waals surface area contributed by atoms with Crippen molar-refractivity contribution in [2.45, 2.75) is 49.6 Å². The molecule has 2 atom stereocenters. The fraction of sp³-hybridized carbons (Fsp3) is 1.00. The maximum atomic E-state index is 6.11. The van der Waals surface area contributed by atoms with E-state index in [4.69, 9.17) is 27.6 Å². The maximum absolute atomic E-state index is 6.11. The predicted molar refractivity (Wildman–Crippen MR) is 64.6 cm³/mol. The summed E-state index contributed by atoms with van der Waals surface area (Å²) in [5.41, 5.74) is 0. The van der Waals surface area contributed by atoms with Crippen molar-refractivity contribution in [1.82, 2.24) is 0 Å². The first-order valence-corrected chi connectivity index (χ1v) is 12.3. The largest absolute Gasteiger partial charge is 0.417 e. The second-order valence-corrected chi connectivity index (χ2v) is 20.7. The van der Waals surface area contributed by atoms with Gasteiger partial charge in [-0.2, -0.15) is 0 Å². The summed E-state index contributed by atoms with van der Waals surface area (Å²) in [6, 6.07) is 1.23. The van der Waals surface area contributed by atoms with Crippen LogP contribution in [0.1, 0.15) is 13.3 Å². The van der Waals surface area contributed by atoms with Crippen molar-refractivity contribution < 1.29 is 4.43 Å². The van der Waals surface area contributed by atoms with Gasteiger partial charge in [-0.3, -0.25) is 0 Å². The Balaban J connectivity index is 2.86. The van der Waals surface area contributed by atoms with Gasteiger partial charge in [-0.15, -0.1) is 23.2 Å². The molecule has 0 aromatic carbocycles. The quantitative estimate of drug-likeness (QED) is 0.516. The van der Waals surface area contributed by atoms with E-state index >= 15 is 0 Å². The standard InChI is InChI=1S/C8H18Cl2OSi2/c1-7-5-6-13(4,8(9)10)12(2,3)11-7/h7-8H,5-6H2,1-4H3. The molecule has 0 N–H and O–H groups in total. The van der Waals surface area contributed by atoms with E-state index in [2.05, 4.69) is 26.6 Å². The molecule has 0 saturated carbocycles. The molecule has 0 radical (unpaired) electrons. The second-order valence-electron chi connectivity index (χ2n) is 4.70. The van der Waals surface area contributed by atoms with Gasteiger partial charge in [0.05, 0.1) is 4.46 Å². The van der Waals surface area contributed by atoms with E-state index in [1.807, 2.05) is 0 Å². The molecule has 1 aliphatic rings. The van der Waals surface area contributed by atoms with Crippen molar-refractivity contribution in [1.29, 1.82) is 0 Å². The second kappa shape index (κ2) is 3.85. The van der Waals surface area contributed by atoms with Gasteiger partial charge < -0.3 is 4.43 Å². The molecule has 78 valence electrons. The van der Waals surface area contributed by atoms with Crippen LogP contribution in [0.3, 0.4) is 0 Å². The third kappa shape index (κ3) is 2.15. The molecule has 1 saturated heterocycles. The van der Waals surface area contributed by atoms with Crippen LogP contribution in [0.25, 0.3) is 0 Å². The number of hydrogen-bond acceptors (Lipinski definition) is 1. The lowest BCUT2D eigenvalue weighted by molar-refractivity contribution is 0.206. The fourth-order valence-electron chi connectivity index (χ4n) is 1.87. The van der Waals surface area contributed by atoms with Gasteiger partial charge in [0.1, 0.15) is 7.59 Å². The highest BCUT2D eigenvalue weighted by atomic mass is 35.5. The minimum Gasteiger partial charge on any atom is -0.417 e. The zero-order valence-corrected chi connectivity index (χ0v) is 12.2. The number of alkyl halides is 2. The fourth-order valence-corrected chi connectivity index (χ4v) is 16.2. The molecule has 0 aliphatic carbocycles. The van der Waals surface area contributed by atoms with Crippen molar-refractivity contribution in [3.8, 4) is 0 Å². The molecule has 0 amide bonds. The van der Waals surface area contributed by atoms with Gasteiger partial charge in [0.25, 0.3) is 0 Å². The maximum Gasteiger partial charge on any atom is 0.177 e. The van der Waals surface area contributed by atoms with Crippen LogP contribution in [0.4, 0.5) is 0 Å². The monoisotopic (exact) mass is 256 g/mol. The molecule has 0 spiro atoms. The summed E-state index contributed by atoms with van der Waals surface area (Å²) in [5, 5.41) is 0. The van der Waals surface area contributed by atoms with E-state index in [0.717, 1.165) is 6.42 Å². The van der Waals surface area contributed by atoms with E-state index in [1.54, 1.807) is 0 Å². The average Bonchev–Trinajstić information content (AvgIpc) is 1.96. The Morgan fingerprint density at radius 3 is 2.23 bits per heavy atom. The molecule has 0 bridgehead atoms. The molecule has 0 aromatic heterocycles. The number of rotatable bonds is 1. The SMILES string of the molecule is CC1CC[Si](C)(C(Cl)Cl)[Si](C)(C)O1. The summed E-state index contributed by atoms with van der Waals surface area (Å²) in [7, 11) is -3.13. The van der Waals surface area contributed by atoms with Crippen LogP contribution in [0.5, 0.6) is 0 Å². The highest BCUT2D eigenvalue weighted by Crippen LogP contribution is 2.38. The molecule has 1 nitrogen and oxygen atoms in total. The van der Waals surface area contributed by atoms with E-state index in [9.17, 15) is 0 Å². The molecule has 1 heterocycles. The van der Waals surface area contributed by atoms with Crippen LogP contribution in [0.2, 0.25) is 25.7 Å². The van der Waals surface area contributed by atoms with Crippen LogP contribution in [0.15, 0.2) is 0 Å². The third-order valence-corrected chi connectivity index (χ3v) is 23.7.